The summed E-state index contributed by atoms with van der Waals surface area (Å²) in [6.45, 7) is 5.97. The van der Waals surface area contributed by atoms with Crippen molar-refractivity contribution in [2.24, 2.45) is 0 Å². The number of aryl methyl sites for hydroxylation is 1. The van der Waals surface area contributed by atoms with Gasteiger partial charge in [-0.2, -0.15) is 0 Å². The molecule has 0 unspecified atom stereocenters. The minimum Gasteiger partial charge on any atom is -0.496 e. The van der Waals surface area contributed by atoms with E-state index in [1.165, 1.54) is 16.5 Å². The third-order valence-corrected chi connectivity index (χ3v) is 7.31. The lowest BCUT2D eigenvalue weighted by atomic mass is 9.91. The summed E-state index contributed by atoms with van der Waals surface area (Å²) in [6.07, 6.45) is 6.36. The average Bonchev–Trinajstić information content (AvgIpc) is 3.32. The third-order valence-electron chi connectivity index (χ3n) is 7.31. The SMILES string of the molecule is COc1cc(C)c2[nH]ccc2c1CN1CC[C@H](OC2(C)CC2)C[C@H]1c1ccc(C(=O)O)cc1. The number of nitrogens with zero attached hydrogens (tertiary/aromatic N) is 1. The summed E-state index contributed by atoms with van der Waals surface area (Å²) in [4.78, 5) is 17.2. The zero-order chi connectivity index (χ0) is 23.2. The molecule has 2 aromatic carbocycles. The van der Waals surface area contributed by atoms with Gasteiger partial charge < -0.3 is 19.6 Å². The van der Waals surface area contributed by atoms with Gasteiger partial charge in [0.25, 0.3) is 0 Å². The Hall–Kier alpha value is -2.83. The van der Waals surface area contributed by atoms with Crippen molar-refractivity contribution in [3.8, 4) is 5.75 Å². The van der Waals surface area contributed by atoms with E-state index in [0.29, 0.717) is 5.56 Å². The molecule has 33 heavy (non-hydrogen) atoms. The second kappa shape index (κ2) is 8.50. The van der Waals surface area contributed by atoms with Gasteiger partial charge >= 0.3 is 5.97 Å². The lowest BCUT2D eigenvalue weighted by Crippen LogP contribution is -2.40. The van der Waals surface area contributed by atoms with Crippen LogP contribution in [-0.2, 0) is 11.3 Å². The van der Waals surface area contributed by atoms with Crippen molar-refractivity contribution in [3.63, 3.8) is 0 Å². The van der Waals surface area contributed by atoms with Gasteiger partial charge in [-0.25, -0.2) is 4.79 Å². The molecule has 0 amide bonds. The van der Waals surface area contributed by atoms with Crippen molar-refractivity contribution < 1.29 is 19.4 Å². The van der Waals surface area contributed by atoms with Crippen LogP contribution in [0.2, 0.25) is 0 Å². The van der Waals surface area contributed by atoms with Gasteiger partial charge in [0.05, 0.1) is 24.4 Å². The fraction of sp³-hybridized carbons (Fsp3) is 0.444. The van der Waals surface area contributed by atoms with Crippen LogP contribution in [0.3, 0.4) is 0 Å². The minimum absolute atomic E-state index is 0.0437. The second-order valence-electron chi connectivity index (χ2n) is 9.77. The number of aromatic nitrogens is 1. The van der Waals surface area contributed by atoms with E-state index in [0.717, 1.165) is 55.6 Å². The van der Waals surface area contributed by atoms with Gasteiger partial charge in [-0.15, -0.1) is 0 Å². The first kappa shape index (κ1) is 22.0. The molecule has 6 heteroatoms. The monoisotopic (exact) mass is 448 g/mol. The second-order valence-corrected chi connectivity index (χ2v) is 9.77. The molecule has 2 aliphatic rings. The molecule has 1 saturated heterocycles. The molecule has 2 heterocycles. The molecule has 174 valence electrons. The van der Waals surface area contributed by atoms with E-state index in [-0.39, 0.29) is 17.7 Å². The van der Waals surface area contributed by atoms with Gasteiger partial charge in [0.2, 0.25) is 0 Å². The third kappa shape index (κ3) is 4.37. The Bertz CT molecular complexity index is 1160. The highest BCUT2D eigenvalue weighted by Crippen LogP contribution is 2.44. The van der Waals surface area contributed by atoms with E-state index < -0.39 is 5.97 Å². The quantitative estimate of drug-likeness (QED) is 0.502. The highest BCUT2D eigenvalue weighted by atomic mass is 16.5. The summed E-state index contributed by atoms with van der Waals surface area (Å²) in [5, 5.41) is 10.5. The topological polar surface area (TPSA) is 74.8 Å². The van der Waals surface area contributed by atoms with Crippen molar-refractivity contribution >= 4 is 16.9 Å². The number of hydrogen-bond donors (Lipinski definition) is 2. The molecule has 0 bridgehead atoms. The summed E-state index contributed by atoms with van der Waals surface area (Å²) < 4.78 is 12.3. The number of benzene rings is 2. The standard InChI is InChI=1S/C27H32N2O4/c1-17-14-24(32-3)22(21-8-12-28-25(17)21)16-29-13-9-20(33-27(2)10-11-27)15-23(29)18-4-6-19(7-5-18)26(30)31/h4-8,12,14,20,23,28H,9-11,13,15-16H2,1-3H3,(H,30,31)/t20-,23-/m0/s1. The minimum atomic E-state index is -0.899. The molecular formula is C27H32N2O4. The van der Waals surface area contributed by atoms with E-state index in [2.05, 4.69) is 35.9 Å². The smallest absolute Gasteiger partial charge is 0.335 e. The van der Waals surface area contributed by atoms with Gasteiger partial charge in [-0.05, 0) is 74.9 Å². The Balaban J connectivity index is 1.47. The van der Waals surface area contributed by atoms with E-state index in [1.54, 1.807) is 19.2 Å². The van der Waals surface area contributed by atoms with E-state index in [4.69, 9.17) is 9.47 Å². The Morgan fingerprint density at radius 2 is 2.00 bits per heavy atom. The lowest BCUT2D eigenvalue weighted by Gasteiger charge is -2.41. The van der Waals surface area contributed by atoms with Crippen LogP contribution < -0.4 is 4.74 Å². The first-order chi connectivity index (χ1) is 15.9. The Morgan fingerprint density at radius 1 is 1.24 bits per heavy atom. The van der Waals surface area contributed by atoms with Crippen LogP contribution >= 0.6 is 0 Å². The van der Waals surface area contributed by atoms with Gasteiger partial charge in [0.1, 0.15) is 5.75 Å². The van der Waals surface area contributed by atoms with Gasteiger partial charge in [0, 0.05) is 41.8 Å². The van der Waals surface area contributed by atoms with Crippen LogP contribution in [0.1, 0.15) is 65.7 Å². The number of ether oxygens (including phenoxy) is 2. The molecule has 0 radical (unpaired) electrons. The highest BCUT2D eigenvalue weighted by Gasteiger charge is 2.42. The zero-order valence-electron chi connectivity index (χ0n) is 19.6. The number of hydrogen-bond acceptors (Lipinski definition) is 4. The molecule has 6 nitrogen and oxygen atoms in total. The van der Waals surface area contributed by atoms with Crippen LogP contribution in [-0.4, -0.2) is 46.3 Å². The predicted molar refractivity (Wildman–Crippen MR) is 128 cm³/mol. The molecule has 3 aromatic rings. The summed E-state index contributed by atoms with van der Waals surface area (Å²) in [5.74, 6) is 0.00704. The van der Waals surface area contributed by atoms with Gasteiger partial charge in [-0.1, -0.05) is 12.1 Å². The number of carboxylic acid groups (broad SMARTS) is 1. The summed E-state index contributed by atoms with van der Waals surface area (Å²) >= 11 is 0. The molecule has 2 atom stereocenters. The van der Waals surface area contributed by atoms with Crippen LogP contribution in [0.5, 0.6) is 5.75 Å². The molecule has 2 fully saturated rings. The fourth-order valence-corrected chi connectivity index (χ4v) is 5.15. The Kier molecular flexibility index (Phi) is 5.67. The van der Waals surface area contributed by atoms with Crippen molar-refractivity contribution in [2.45, 2.75) is 63.8 Å². The number of aromatic carboxylic acids is 1. The van der Waals surface area contributed by atoms with Crippen LogP contribution in [0, 0.1) is 6.92 Å². The molecule has 5 rings (SSSR count). The largest absolute Gasteiger partial charge is 0.496 e. The molecule has 1 aromatic heterocycles. The maximum atomic E-state index is 11.4. The van der Waals surface area contributed by atoms with Crippen LogP contribution in [0.25, 0.3) is 10.9 Å². The number of methoxy groups -OCH3 is 1. The maximum absolute atomic E-state index is 11.4. The molecule has 0 spiro atoms. The summed E-state index contributed by atoms with van der Waals surface area (Å²) in [5.41, 5.74) is 4.98. The molecule has 1 aliphatic carbocycles. The average molecular weight is 449 g/mol. The molecular weight excluding hydrogens is 416 g/mol. The van der Waals surface area contributed by atoms with Crippen molar-refractivity contribution in [2.75, 3.05) is 13.7 Å². The molecule has 1 saturated carbocycles. The number of fused-ring (bicyclic) bond motifs is 1. The van der Waals surface area contributed by atoms with Crippen molar-refractivity contribution in [3.05, 3.63) is 64.8 Å². The normalized spacial score (nSPS) is 22.4. The summed E-state index contributed by atoms with van der Waals surface area (Å²) in [6, 6.07) is 11.7. The Labute approximate surface area is 194 Å². The number of likely N-dealkylation sites (tertiary alicyclic amines) is 1. The highest BCUT2D eigenvalue weighted by molar-refractivity contribution is 5.88. The predicted octanol–water partition coefficient (Wildman–Crippen LogP) is 5.46. The van der Waals surface area contributed by atoms with Crippen LogP contribution in [0.4, 0.5) is 0 Å². The molecule has 2 N–H and O–H groups in total. The lowest BCUT2D eigenvalue weighted by molar-refractivity contribution is -0.0658. The van der Waals surface area contributed by atoms with Crippen LogP contribution in [0.15, 0.2) is 42.6 Å². The number of piperidine rings is 1. The fourth-order valence-electron chi connectivity index (χ4n) is 5.15. The number of carbonyl (C=O) groups is 1. The summed E-state index contributed by atoms with van der Waals surface area (Å²) in [7, 11) is 1.73. The van der Waals surface area contributed by atoms with E-state index in [1.807, 2.05) is 18.3 Å². The van der Waals surface area contributed by atoms with Crippen molar-refractivity contribution in [1.82, 2.24) is 9.88 Å². The zero-order valence-corrected chi connectivity index (χ0v) is 19.6. The first-order valence-electron chi connectivity index (χ1n) is 11.8. The first-order valence-corrected chi connectivity index (χ1v) is 11.8. The van der Waals surface area contributed by atoms with Gasteiger partial charge in [0.15, 0.2) is 0 Å². The number of aromatic amines is 1. The Morgan fingerprint density at radius 3 is 2.67 bits per heavy atom. The maximum Gasteiger partial charge on any atom is 0.335 e. The number of carboxylic acids is 1. The number of nitrogens with one attached hydrogen (secondary N) is 1. The van der Waals surface area contributed by atoms with Crippen molar-refractivity contribution in [1.29, 1.82) is 0 Å². The number of H-pyrrole nitrogens is 1. The van der Waals surface area contributed by atoms with E-state index in [9.17, 15) is 9.90 Å². The molecule has 1 aliphatic heterocycles. The number of rotatable bonds is 7. The van der Waals surface area contributed by atoms with E-state index >= 15 is 0 Å². The van der Waals surface area contributed by atoms with Gasteiger partial charge in [-0.3, -0.25) is 4.90 Å².